The fraction of sp³-hybridized carbons (Fsp3) is 0.438. The van der Waals surface area contributed by atoms with Gasteiger partial charge in [-0.2, -0.15) is 13.2 Å². The molecule has 2 rings (SSSR count). The quantitative estimate of drug-likeness (QED) is 0.679. The highest BCUT2D eigenvalue weighted by Gasteiger charge is 2.43. The van der Waals surface area contributed by atoms with E-state index < -0.39 is 29.1 Å². The molecule has 7 heteroatoms. The van der Waals surface area contributed by atoms with Gasteiger partial charge in [0.25, 0.3) is 0 Å². The number of benzene rings is 1. The Hall–Kier alpha value is -1.89. The van der Waals surface area contributed by atoms with Gasteiger partial charge in [0.2, 0.25) is 5.91 Å². The maximum Gasteiger partial charge on any atom is 0.419 e. The van der Waals surface area contributed by atoms with Crippen LogP contribution in [0.15, 0.2) is 30.9 Å². The smallest absolute Gasteiger partial charge is 0.390 e. The molecule has 1 aliphatic rings. The SMILES string of the molecule is C=CC(=O)N(Cc1cccc(C(F)(F)F)c1F)C1CC(C)(O)C1. The van der Waals surface area contributed by atoms with E-state index in [-0.39, 0.29) is 31.0 Å². The Balaban J connectivity index is 2.27. The van der Waals surface area contributed by atoms with Crippen LogP contribution in [0.2, 0.25) is 0 Å². The minimum atomic E-state index is -4.80. The Morgan fingerprint density at radius 2 is 2.09 bits per heavy atom. The molecule has 0 aromatic heterocycles. The van der Waals surface area contributed by atoms with Crippen molar-refractivity contribution in [3.63, 3.8) is 0 Å². The first kappa shape index (κ1) is 17.5. The van der Waals surface area contributed by atoms with Gasteiger partial charge < -0.3 is 10.0 Å². The normalized spacial score (nSPS) is 24.0. The van der Waals surface area contributed by atoms with Crippen molar-refractivity contribution in [2.24, 2.45) is 0 Å². The lowest BCUT2D eigenvalue weighted by atomic mass is 9.76. The van der Waals surface area contributed by atoms with Crippen molar-refractivity contribution in [2.45, 2.75) is 44.1 Å². The molecule has 0 atom stereocenters. The molecule has 1 saturated carbocycles. The highest BCUT2D eigenvalue weighted by Crippen LogP contribution is 2.37. The van der Waals surface area contributed by atoms with E-state index in [2.05, 4.69) is 6.58 Å². The number of hydrogen-bond acceptors (Lipinski definition) is 2. The van der Waals surface area contributed by atoms with Crippen molar-refractivity contribution in [2.75, 3.05) is 0 Å². The second-order valence-electron chi connectivity index (χ2n) is 6.01. The molecule has 126 valence electrons. The molecular weight excluding hydrogens is 314 g/mol. The summed E-state index contributed by atoms with van der Waals surface area (Å²) >= 11 is 0. The molecule has 0 bridgehead atoms. The van der Waals surface area contributed by atoms with Crippen LogP contribution in [0.25, 0.3) is 0 Å². The third kappa shape index (κ3) is 3.72. The van der Waals surface area contributed by atoms with Crippen LogP contribution in [0, 0.1) is 5.82 Å². The number of aliphatic hydroxyl groups is 1. The first-order valence-corrected chi connectivity index (χ1v) is 7.05. The van der Waals surface area contributed by atoms with E-state index in [1.54, 1.807) is 6.92 Å². The van der Waals surface area contributed by atoms with Crippen LogP contribution in [0.1, 0.15) is 30.9 Å². The van der Waals surface area contributed by atoms with Gasteiger partial charge in [0, 0.05) is 18.2 Å². The molecular formula is C16H17F4NO2. The first-order valence-electron chi connectivity index (χ1n) is 7.05. The van der Waals surface area contributed by atoms with E-state index in [9.17, 15) is 27.5 Å². The van der Waals surface area contributed by atoms with Crippen LogP contribution in [0.3, 0.4) is 0 Å². The number of rotatable bonds is 4. The Kier molecular flexibility index (Phi) is 4.52. The molecule has 1 aromatic rings. The van der Waals surface area contributed by atoms with Crippen molar-refractivity contribution in [1.82, 2.24) is 4.90 Å². The number of alkyl halides is 3. The van der Waals surface area contributed by atoms with Crippen LogP contribution in [0.4, 0.5) is 17.6 Å². The van der Waals surface area contributed by atoms with E-state index >= 15 is 0 Å². The standard InChI is InChI=1S/C16H17F4NO2/c1-3-13(22)21(11-7-15(2,23)8-11)9-10-5-4-6-12(14(10)17)16(18,19)20/h3-6,11,23H,1,7-9H2,2H3. The van der Waals surface area contributed by atoms with Crippen LogP contribution >= 0.6 is 0 Å². The Bertz CT molecular complexity index is 617. The number of nitrogens with zero attached hydrogens (tertiary/aromatic N) is 1. The predicted molar refractivity (Wildman–Crippen MR) is 75.8 cm³/mol. The zero-order chi connectivity index (χ0) is 17.4. The Morgan fingerprint density at radius 3 is 2.57 bits per heavy atom. The van der Waals surface area contributed by atoms with Crippen molar-refractivity contribution in [3.8, 4) is 0 Å². The van der Waals surface area contributed by atoms with E-state index in [0.717, 1.165) is 12.1 Å². The zero-order valence-corrected chi connectivity index (χ0v) is 12.5. The van der Waals surface area contributed by atoms with Crippen molar-refractivity contribution < 1.29 is 27.5 Å². The molecule has 0 unspecified atom stereocenters. The van der Waals surface area contributed by atoms with Gasteiger partial charge in [0.15, 0.2) is 0 Å². The molecule has 23 heavy (non-hydrogen) atoms. The fourth-order valence-electron chi connectivity index (χ4n) is 2.78. The summed E-state index contributed by atoms with van der Waals surface area (Å²) in [6, 6.07) is 2.62. The summed E-state index contributed by atoms with van der Waals surface area (Å²) in [4.78, 5) is 13.2. The lowest BCUT2D eigenvalue weighted by molar-refractivity contribution is -0.140. The molecule has 0 saturated heterocycles. The van der Waals surface area contributed by atoms with Crippen LogP contribution in [0.5, 0.6) is 0 Å². The van der Waals surface area contributed by atoms with Crippen LogP contribution < -0.4 is 0 Å². The molecule has 1 fully saturated rings. The maximum atomic E-state index is 14.1. The van der Waals surface area contributed by atoms with Gasteiger partial charge in [-0.05, 0) is 31.9 Å². The largest absolute Gasteiger partial charge is 0.419 e. The van der Waals surface area contributed by atoms with Crippen molar-refractivity contribution in [3.05, 3.63) is 47.8 Å². The monoisotopic (exact) mass is 331 g/mol. The Morgan fingerprint density at radius 1 is 1.48 bits per heavy atom. The molecule has 0 spiro atoms. The number of amides is 1. The van der Waals surface area contributed by atoms with Gasteiger partial charge in [-0.15, -0.1) is 0 Å². The first-order chi connectivity index (χ1) is 10.5. The summed E-state index contributed by atoms with van der Waals surface area (Å²) in [7, 11) is 0. The van der Waals surface area contributed by atoms with E-state index in [1.807, 2.05) is 0 Å². The highest BCUT2D eigenvalue weighted by molar-refractivity contribution is 5.87. The summed E-state index contributed by atoms with van der Waals surface area (Å²) in [6.45, 7) is 4.65. The van der Waals surface area contributed by atoms with E-state index in [4.69, 9.17) is 0 Å². The lowest BCUT2D eigenvalue weighted by Gasteiger charge is -2.46. The number of carbonyl (C=O) groups excluding carboxylic acids is 1. The summed E-state index contributed by atoms with van der Waals surface area (Å²) in [5, 5.41) is 9.77. The number of carbonyl (C=O) groups is 1. The van der Waals surface area contributed by atoms with Gasteiger partial charge in [0.05, 0.1) is 11.2 Å². The molecule has 1 aliphatic carbocycles. The molecule has 0 heterocycles. The van der Waals surface area contributed by atoms with Gasteiger partial charge in [-0.3, -0.25) is 4.79 Å². The minimum Gasteiger partial charge on any atom is -0.390 e. The molecule has 0 aliphatic heterocycles. The third-order valence-corrected chi connectivity index (χ3v) is 3.97. The van der Waals surface area contributed by atoms with Gasteiger partial charge in [-0.1, -0.05) is 18.7 Å². The summed E-state index contributed by atoms with van der Waals surface area (Å²) < 4.78 is 52.4. The topological polar surface area (TPSA) is 40.5 Å². The second kappa shape index (κ2) is 5.96. The minimum absolute atomic E-state index is 0.221. The van der Waals surface area contributed by atoms with Crippen LogP contribution in [-0.4, -0.2) is 27.6 Å². The summed E-state index contributed by atoms with van der Waals surface area (Å²) in [6.07, 6.45) is -3.20. The molecule has 1 amide bonds. The highest BCUT2D eigenvalue weighted by atomic mass is 19.4. The Labute approximate surface area is 131 Å². The number of halogens is 4. The lowest BCUT2D eigenvalue weighted by Crippen LogP contribution is -2.54. The zero-order valence-electron chi connectivity index (χ0n) is 12.5. The molecule has 1 aromatic carbocycles. The van der Waals surface area contributed by atoms with Crippen molar-refractivity contribution >= 4 is 5.91 Å². The van der Waals surface area contributed by atoms with Gasteiger partial charge >= 0.3 is 6.18 Å². The molecule has 1 N–H and O–H groups in total. The fourth-order valence-corrected chi connectivity index (χ4v) is 2.78. The maximum absolute atomic E-state index is 14.1. The average molecular weight is 331 g/mol. The number of hydrogen-bond donors (Lipinski definition) is 1. The average Bonchev–Trinajstić information content (AvgIpc) is 2.41. The van der Waals surface area contributed by atoms with Crippen molar-refractivity contribution in [1.29, 1.82) is 0 Å². The summed E-state index contributed by atoms with van der Waals surface area (Å²) in [5.74, 6) is -1.89. The van der Waals surface area contributed by atoms with Gasteiger partial charge in [-0.25, -0.2) is 4.39 Å². The second-order valence-corrected chi connectivity index (χ2v) is 6.01. The van der Waals surface area contributed by atoms with Crippen LogP contribution in [-0.2, 0) is 17.5 Å². The summed E-state index contributed by atoms with van der Waals surface area (Å²) in [5.41, 5.74) is -2.50. The van der Waals surface area contributed by atoms with E-state index in [0.29, 0.717) is 6.07 Å². The predicted octanol–water partition coefficient (Wildman–Crippen LogP) is 3.27. The van der Waals surface area contributed by atoms with E-state index in [1.165, 1.54) is 11.0 Å². The molecule has 0 radical (unpaired) electrons. The third-order valence-electron chi connectivity index (χ3n) is 3.97. The van der Waals surface area contributed by atoms with Gasteiger partial charge in [0.1, 0.15) is 5.82 Å². The molecule has 3 nitrogen and oxygen atoms in total.